The van der Waals surface area contributed by atoms with Crippen molar-refractivity contribution in [2.24, 2.45) is 0 Å². The number of hydrogen-bond acceptors (Lipinski definition) is 5. The molecule has 0 aliphatic carbocycles. The lowest BCUT2D eigenvalue weighted by molar-refractivity contribution is 0.296. The molecule has 3 aromatic heterocycles. The van der Waals surface area contributed by atoms with Gasteiger partial charge in [0.05, 0.1) is 16.3 Å². The summed E-state index contributed by atoms with van der Waals surface area (Å²) in [6.07, 6.45) is 5.32. The van der Waals surface area contributed by atoms with Crippen LogP contribution in [0.25, 0.3) is 28.3 Å². The second-order valence-electron chi connectivity index (χ2n) is 7.56. The number of nitrogens with one attached hydrogen (secondary N) is 1. The summed E-state index contributed by atoms with van der Waals surface area (Å²) in [5, 5.41) is 12.6. The van der Waals surface area contributed by atoms with Crippen molar-refractivity contribution >= 4 is 11.6 Å². The van der Waals surface area contributed by atoms with Gasteiger partial charge in [0, 0.05) is 30.2 Å². The van der Waals surface area contributed by atoms with E-state index in [0.29, 0.717) is 10.8 Å². The molecule has 4 rings (SSSR count). The number of pyridine rings is 1. The van der Waals surface area contributed by atoms with Gasteiger partial charge in [0.15, 0.2) is 5.82 Å². The number of H-pyrrole nitrogens is 1. The van der Waals surface area contributed by atoms with E-state index in [1.165, 1.54) is 11.9 Å². The fraction of sp³-hybridized carbons (Fsp3) is 0.304. The van der Waals surface area contributed by atoms with Crippen molar-refractivity contribution in [1.29, 1.82) is 0 Å². The Kier molecular flexibility index (Phi) is 6.15. The van der Waals surface area contributed by atoms with Crippen LogP contribution in [0.15, 0.2) is 43.0 Å². The monoisotopic (exact) mass is 435 g/mol. The highest BCUT2D eigenvalue weighted by Crippen LogP contribution is 2.35. The van der Waals surface area contributed by atoms with E-state index < -0.39 is 0 Å². The van der Waals surface area contributed by atoms with E-state index in [1.54, 1.807) is 0 Å². The fourth-order valence-corrected chi connectivity index (χ4v) is 3.83. The minimum Gasteiger partial charge on any atom is -0.300 e. The first-order valence-corrected chi connectivity index (χ1v) is 10.8. The Balaban J connectivity index is 1.86. The van der Waals surface area contributed by atoms with Crippen LogP contribution >= 0.6 is 11.6 Å². The Bertz CT molecular complexity index is 1180. The first kappa shape index (κ1) is 21.2. The van der Waals surface area contributed by atoms with Gasteiger partial charge in [-0.1, -0.05) is 31.5 Å². The van der Waals surface area contributed by atoms with E-state index in [4.69, 9.17) is 16.7 Å². The molecule has 0 aliphatic rings. The minimum atomic E-state index is 0.648. The number of aromatic amines is 1. The highest BCUT2D eigenvalue weighted by atomic mass is 35.5. The molecule has 0 aliphatic heterocycles. The fourth-order valence-electron chi connectivity index (χ4n) is 3.62. The maximum Gasteiger partial charge on any atom is 0.159 e. The number of aromatic nitrogens is 6. The Morgan fingerprint density at radius 3 is 2.58 bits per heavy atom. The number of aryl methyl sites for hydroxylation is 2. The van der Waals surface area contributed by atoms with Crippen LogP contribution in [0, 0.1) is 13.8 Å². The van der Waals surface area contributed by atoms with Gasteiger partial charge in [0.2, 0.25) is 0 Å². The predicted octanol–water partition coefficient (Wildman–Crippen LogP) is 4.83. The summed E-state index contributed by atoms with van der Waals surface area (Å²) in [4.78, 5) is 11.1. The lowest BCUT2D eigenvalue weighted by Gasteiger charge is -2.18. The topological polar surface area (TPSA) is 75.5 Å². The first-order chi connectivity index (χ1) is 15.0. The third-order valence-electron chi connectivity index (χ3n) is 5.43. The van der Waals surface area contributed by atoms with Crippen LogP contribution in [0.4, 0.5) is 0 Å². The predicted molar refractivity (Wildman–Crippen MR) is 123 cm³/mol. The van der Waals surface area contributed by atoms with Crippen LogP contribution in [-0.4, -0.2) is 47.9 Å². The number of halogens is 1. The second-order valence-corrected chi connectivity index (χ2v) is 7.96. The number of hydrogen-bond donors (Lipinski definition) is 1. The van der Waals surface area contributed by atoms with Crippen molar-refractivity contribution in [3.8, 4) is 28.3 Å². The Morgan fingerprint density at radius 1 is 1.06 bits per heavy atom. The van der Waals surface area contributed by atoms with Gasteiger partial charge in [0.1, 0.15) is 12.0 Å². The van der Waals surface area contributed by atoms with Gasteiger partial charge in [-0.15, -0.1) is 0 Å². The zero-order valence-electron chi connectivity index (χ0n) is 18.2. The molecule has 0 fully saturated rings. The average molecular weight is 436 g/mol. The molecular formula is C23H26ClN7. The van der Waals surface area contributed by atoms with E-state index in [0.717, 1.165) is 53.4 Å². The molecule has 0 saturated carbocycles. The molecule has 8 heteroatoms. The van der Waals surface area contributed by atoms with Crippen LogP contribution in [0.5, 0.6) is 0 Å². The highest BCUT2D eigenvalue weighted by Gasteiger charge is 2.20. The molecule has 0 saturated heterocycles. The molecule has 0 bridgehead atoms. The molecule has 160 valence electrons. The molecule has 0 radical (unpaired) electrons. The van der Waals surface area contributed by atoms with E-state index in [2.05, 4.69) is 51.0 Å². The van der Waals surface area contributed by atoms with Crippen molar-refractivity contribution in [1.82, 2.24) is 34.8 Å². The minimum absolute atomic E-state index is 0.648. The van der Waals surface area contributed by atoms with Gasteiger partial charge in [-0.25, -0.2) is 9.67 Å². The Labute approximate surface area is 187 Å². The molecule has 1 N–H and O–H groups in total. The van der Waals surface area contributed by atoms with Crippen LogP contribution < -0.4 is 0 Å². The maximum atomic E-state index is 6.66. The van der Waals surface area contributed by atoms with Crippen molar-refractivity contribution in [3.63, 3.8) is 0 Å². The van der Waals surface area contributed by atoms with Crippen LogP contribution in [0.1, 0.15) is 30.7 Å². The highest BCUT2D eigenvalue weighted by molar-refractivity contribution is 6.33. The van der Waals surface area contributed by atoms with Gasteiger partial charge in [0.25, 0.3) is 0 Å². The molecule has 0 amide bonds. The molecule has 0 atom stereocenters. The maximum absolute atomic E-state index is 6.66. The summed E-state index contributed by atoms with van der Waals surface area (Å²) in [6.45, 7) is 11.2. The van der Waals surface area contributed by atoms with E-state index in [1.807, 2.05) is 43.1 Å². The quantitative estimate of drug-likeness (QED) is 0.450. The van der Waals surface area contributed by atoms with Gasteiger partial charge >= 0.3 is 0 Å². The molecular weight excluding hydrogens is 410 g/mol. The zero-order chi connectivity index (χ0) is 22.0. The number of benzene rings is 1. The Morgan fingerprint density at radius 2 is 1.87 bits per heavy atom. The molecule has 0 unspecified atom stereocenters. The standard InChI is InChI=1S/C23H26ClN7/c1-5-30(6-2)12-17-7-8-20(24)18(10-17)22-19(23-26-14-27-28-23)13-31(29-22)21-9-16(4)25-11-15(21)3/h7-11,13-14H,5-6,12H2,1-4H3,(H,26,27,28). The first-order valence-electron chi connectivity index (χ1n) is 10.4. The zero-order valence-corrected chi connectivity index (χ0v) is 19.0. The summed E-state index contributed by atoms with van der Waals surface area (Å²) < 4.78 is 1.87. The third-order valence-corrected chi connectivity index (χ3v) is 5.76. The lowest BCUT2D eigenvalue weighted by Crippen LogP contribution is -2.22. The third kappa shape index (κ3) is 4.38. The molecule has 31 heavy (non-hydrogen) atoms. The molecule has 0 spiro atoms. The van der Waals surface area contributed by atoms with Crippen LogP contribution in [0.2, 0.25) is 5.02 Å². The van der Waals surface area contributed by atoms with Crippen molar-refractivity contribution in [3.05, 3.63) is 64.8 Å². The van der Waals surface area contributed by atoms with Gasteiger partial charge in [-0.05, 0) is 56.3 Å². The molecule has 1 aromatic carbocycles. The molecule has 7 nitrogen and oxygen atoms in total. The van der Waals surface area contributed by atoms with E-state index in [9.17, 15) is 0 Å². The van der Waals surface area contributed by atoms with Gasteiger partial charge < -0.3 is 0 Å². The van der Waals surface area contributed by atoms with Crippen molar-refractivity contribution < 1.29 is 0 Å². The number of nitrogens with zero attached hydrogens (tertiary/aromatic N) is 6. The van der Waals surface area contributed by atoms with Crippen LogP contribution in [0.3, 0.4) is 0 Å². The SMILES string of the molecule is CCN(CC)Cc1ccc(Cl)c(-c2nn(-c3cc(C)ncc3C)cc2-c2ncn[nH]2)c1. The van der Waals surface area contributed by atoms with E-state index in [-0.39, 0.29) is 0 Å². The summed E-state index contributed by atoms with van der Waals surface area (Å²) in [5.74, 6) is 0.648. The van der Waals surface area contributed by atoms with Crippen molar-refractivity contribution in [2.75, 3.05) is 13.1 Å². The molecule has 4 aromatic rings. The summed E-state index contributed by atoms with van der Waals surface area (Å²) in [6, 6.07) is 8.17. The van der Waals surface area contributed by atoms with Crippen molar-refractivity contribution in [2.45, 2.75) is 34.2 Å². The smallest absolute Gasteiger partial charge is 0.159 e. The average Bonchev–Trinajstić information content (AvgIpc) is 3.44. The van der Waals surface area contributed by atoms with Crippen LogP contribution in [-0.2, 0) is 6.54 Å². The molecule has 3 heterocycles. The normalized spacial score (nSPS) is 11.4. The summed E-state index contributed by atoms with van der Waals surface area (Å²) >= 11 is 6.66. The summed E-state index contributed by atoms with van der Waals surface area (Å²) in [5.41, 5.74) is 6.60. The van der Waals surface area contributed by atoms with Gasteiger partial charge in [-0.3, -0.25) is 15.0 Å². The largest absolute Gasteiger partial charge is 0.300 e. The number of rotatable bonds is 7. The summed E-state index contributed by atoms with van der Waals surface area (Å²) in [7, 11) is 0. The van der Waals surface area contributed by atoms with Gasteiger partial charge in [-0.2, -0.15) is 10.2 Å². The Hall–Kier alpha value is -3.03. The van der Waals surface area contributed by atoms with E-state index >= 15 is 0 Å². The lowest BCUT2D eigenvalue weighted by atomic mass is 10.0. The second kappa shape index (κ2) is 8.99.